The fourth-order valence-electron chi connectivity index (χ4n) is 2.94. The van der Waals surface area contributed by atoms with Gasteiger partial charge in [0.25, 0.3) is 5.91 Å². The van der Waals surface area contributed by atoms with Crippen molar-refractivity contribution in [2.24, 2.45) is 0 Å². The summed E-state index contributed by atoms with van der Waals surface area (Å²) in [5, 5.41) is 0. The van der Waals surface area contributed by atoms with Crippen LogP contribution in [0.15, 0.2) is 34.8 Å². The Labute approximate surface area is 150 Å². The zero-order chi connectivity index (χ0) is 17.1. The van der Waals surface area contributed by atoms with Crippen molar-refractivity contribution in [3.05, 3.63) is 51.9 Å². The highest BCUT2D eigenvalue weighted by molar-refractivity contribution is 9.10. The summed E-state index contributed by atoms with van der Waals surface area (Å²) < 4.78 is 6.91. The van der Waals surface area contributed by atoms with E-state index in [2.05, 4.69) is 25.9 Å². The summed E-state index contributed by atoms with van der Waals surface area (Å²) in [6, 6.07) is 9.32. The zero-order valence-electron chi connectivity index (χ0n) is 13.8. The van der Waals surface area contributed by atoms with Gasteiger partial charge in [0.15, 0.2) is 0 Å². The van der Waals surface area contributed by atoms with Gasteiger partial charge in [0.1, 0.15) is 11.9 Å². The molecule has 1 aliphatic rings. The van der Waals surface area contributed by atoms with E-state index in [1.165, 1.54) is 0 Å². The quantitative estimate of drug-likeness (QED) is 0.805. The van der Waals surface area contributed by atoms with Gasteiger partial charge in [0.2, 0.25) is 5.88 Å². The molecule has 1 amide bonds. The molecule has 1 aromatic carbocycles. The molecule has 1 aromatic heterocycles. The number of carbonyl (C=O) groups excluding carboxylic acids is 1. The van der Waals surface area contributed by atoms with Gasteiger partial charge < -0.3 is 9.64 Å². The second-order valence-electron chi connectivity index (χ2n) is 6.04. The van der Waals surface area contributed by atoms with Gasteiger partial charge in [-0.15, -0.1) is 0 Å². The summed E-state index contributed by atoms with van der Waals surface area (Å²) in [7, 11) is 0. The summed E-state index contributed by atoms with van der Waals surface area (Å²) in [6.45, 7) is 5.11. The van der Waals surface area contributed by atoms with Crippen LogP contribution in [0.4, 0.5) is 0 Å². The molecule has 1 saturated heterocycles. The van der Waals surface area contributed by atoms with E-state index in [1.807, 2.05) is 49.1 Å². The molecular weight excluding hydrogens is 370 g/mol. The number of benzene rings is 1. The van der Waals surface area contributed by atoms with Crippen LogP contribution in [0, 0.1) is 13.8 Å². The first-order chi connectivity index (χ1) is 11.5. The fourth-order valence-corrected chi connectivity index (χ4v) is 3.34. The van der Waals surface area contributed by atoms with Gasteiger partial charge >= 0.3 is 0 Å². The molecule has 2 heterocycles. The Morgan fingerprint density at radius 1 is 1.29 bits per heavy atom. The maximum Gasteiger partial charge on any atom is 0.254 e. The van der Waals surface area contributed by atoms with E-state index in [1.54, 1.807) is 0 Å². The molecule has 0 spiro atoms. The van der Waals surface area contributed by atoms with Gasteiger partial charge in [0.05, 0.1) is 6.54 Å². The van der Waals surface area contributed by atoms with E-state index in [0.29, 0.717) is 23.8 Å². The largest absolute Gasteiger partial charge is 0.472 e. The van der Waals surface area contributed by atoms with Gasteiger partial charge in [-0.25, -0.2) is 4.98 Å². The van der Waals surface area contributed by atoms with Gasteiger partial charge in [-0.1, -0.05) is 22.0 Å². The average Bonchev–Trinajstić information content (AvgIpc) is 2.53. The topological polar surface area (TPSA) is 55.3 Å². The van der Waals surface area contributed by atoms with E-state index in [0.717, 1.165) is 29.6 Å². The number of amides is 1. The van der Waals surface area contributed by atoms with Crippen molar-refractivity contribution in [1.82, 2.24) is 14.9 Å². The van der Waals surface area contributed by atoms with Crippen molar-refractivity contribution >= 4 is 21.8 Å². The van der Waals surface area contributed by atoms with Crippen LogP contribution in [0.5, 0.6) is 5.88 Å². The molecule has 1 unspecified atom stereocenters. The van der Waals surface area contributed by atoms with Crippen molar-refractivity contribution in [3.63, 3.8) is 0 Å². The average molecular weight is 390 g/mol. The number of piperidine rings is 1. The van der Waals surface area contributed by atoms with E-state index < -0.39 is 0 Å². The zero-order valence-corrected chi connectivity index (χ0v) is 15.4. The highest BCUT2D eigenvalue weighted by atomic mass is 79.9. The molecule has 6 heteroatoms. The summed E-state index contributed by atoms with van der Waals surface area (Å²) in [4.78, 5) is 23.1. The molecule has 0 N–H and O–H groups in total. The molecule has 1 aliphatic heterocycles. The third kappa shape index (κ3) is 4.12. The third-order valence-electron chi connectivity index (χ3n) is 3.97. The van der Waals surface area contributed by atoms with Crippen LogP contribution in [-0.4, -0.2) is 40.0 Å². The molecule has 1 atom stereocenters. The van der Waals surface area contributed by atoms with Gasteiger partial charge in [-0.3, -0.25) is 4.79 Å². The highest BCUT2D eigenvalue weighted by Gasteiger charge is 2.26. The maximum absolute atomic E-state index is 12.7. The minimum atomic E-state index is -0.0384. The first kappa shape index (κ1) is 16.9. The Bertz CT molecular complexity index is 731. The fraction of sp³-hybridized carbons (Fsp3) is 0.389. The van der Waals surface area contributed by atoms with Crippen molar-refractivity contribution in [3.8, 4) is 5.88 Å². The normalized spacial score (nSPS) is 17.6. The lowest BCUT2D eigenvalue weighted by molar-refractivity contribution is 0.0526. The lowest BCUT2D eigenvalue weighted by atomic mass is 10.1. The van der Waals surface area contributed by atoms with Crippen LogP contribution in [0.3, 0.4) is 0 Å². The molecule has 5 nitrogen and oxygen atoms in total. The predicted octanol–water partition coefficient (Wildman–Crippen LogP) is 3.54. The van der Waals surface area contributed by atoms with Crippen LogP contribution >= 0.6 is 15.9 Å². The van der Waals surface area contributed by atoms with Crippen LogP contribution in [0.1, 0.15) is 34.7 Å². The SMILES string of the molecule is Cc1cc(OC2CCCN(C(=O)c3cccc(Br)c3)C2)nc(C)n1. The van der Waals surface area contributed by atoms with Gasteiger partial charge in [0, 0.05) is 28.3 Å². The minimum absolute atomic E-state index is 0.0384. The number of carbonyl (C=O) groups is 1. The molecule has 3 rings (SSSR count). The highest BCUT2D eigenvalue weighted by Crippen LogP contribution is 2.20. The molecule has 2 aromatic rings. The lowest BCUT2D eigenvalue weighted by Crippen LogP contribution is -2.44. The lowest BCUT2D eigenvalue weighted by Gasteiger charge is -2.32. The second-order valence-corrected chi connectivity index (χ2v) is 6.95. The Morgan fingerprint density at radius 2 is 2.12 bits per heavy atom. The molecule has 126 valence electrons. The van der Waals surface area contributed by atoms with Gasteiger partial charge in [-0.2, -0.15) is 4.98 Å². The summed E-state index contributed by atoms with van der Waals surface area (Å²) in [5.41, 5.74) is 1.58. The number of likely N-dealkylation sites (tertiary alicyclic amines) is 1. The molecule has 0 bridgehead atoms. The number of aromatic nitrogens is 2. The van der Waals surface area contributed by atoms with E-state index in [9.17, 15) is 4.79 Å². The Kier molecular flexibility index (Phi) is 5.14. The standard InChI is InChI=1S/C18H20BrN3O2/c1-12-9-17(21-13(2)20-12)24-16-7-4-8-22(11-16)18(23)14-5-3-6-15(19)10-14/h3,5-6,9-10,16H,4,7-8,11H2,1-2H3. The third-order valence-corrected chi connectivity index (χ3v) is 4.46. The van der Waals surface area contributed by atoms with E-state index >= 15 is 0 Å². The Balaban J connectivity index is 1.69. The molecule has 0 radical (unpaired) electrons. The molecule has 0 aliphatic carbocycles. The number of halogens is 1. The number of rotatable bonds is 3. The minimum Gasteiger partial charge on any atom is -0.472 e. The Morgan fingerprint density at radius 3 is 2.88 bits per heavy atom. The van der Waals surface area contributed by atoms with Crippen LogP contribution < -0.4 is 4.74 Å². The number of aryl methyl sites for hydroxylation is 2. The molecule has 0 saturated carbocycles. The number of nitrogens with zero attached hydrogens (tertiary/aromatic N) is 3. The molecule has 1 fully saturated rings. The van der Waals surface area contributed by atoms with Crippen LogP contribution in [0.25, 0.3) is 0 Å². The maximum atomic E-state index is 12.7. The number of hydrogen-bond acceptors (Lipinski definition) is 4. The molecule has 24 heavy (non-hydrogen) atoms. The van der Waals surface area contributed by atoms with Crippen LogP contribution in [-0.2, 0) is 0 Å². The summed E-state index contributed by atoms with van der Waals surface area (Å²) in [5.74, 6) is 1.32. The summed E-state index contributed by atoms with van der Waals surface area (Å²) >= 11 is 3.41. The predicted molar refractivity (Wildman–Crippen MR) is 95.2 cm³/mol. The second kappa shape index (κ2) is 7.30. The van der Waals surface area contributed by atoms with Gasteiger partial charge in [-0.05, 0) is 44.9 Å². The Hall–Kier alpha value is -1.95. The van der Waals surface area contributed by atoms with Crippen molar-refractivity contribution in [2.45, 2.75) is 32.8 Å². The first-order valence-corrected chi connectivity index (χ1v) is 8.84. The first-order valence-electron chi connectivity index (χ1n) is 8.05. The van der Waals surface area contributed by atoms with E-state index in [-0.39, 0.29) is 12.0 Å². The van der Waals surface area contributed by atoms with Crippen molar-refractivity contribution in [2.75, 3.05) is 13.1 Å². The molecular formula is C18H20BrN3O2. The monoisotopic (exact) mass is 389 g/mol. The van der Waals surface area contributed by atoms with Crippen molar-refractivity contribution in [1.29, 1.82) is 0 Å². The van der Waals surface area contributed by atoms with E-state index in [4.69, 9.17) is 4.74 Å². The smallest absolute Gasteiger partial charge is 0.254 e. The number of hydrogen-bond donors (Lipinski definition) is 0. The number of ether oxygens (including phenoxy) is 1. The summed E-state index contributed by atoms with van der Waals surface area (Å²) in [6.07, 6.45) is 1.81. The van der Waals surface area contributed by atoms with Crippen LogP contribution in [0.2, 0.25) is 0 Å². The van der Waals surface area contributed by atoms with Crippen molar-refractivity contribution < 1.29 is 9.53 Å².